The molecule has 0 spiro atoms. The quantitative estimate of drug-likeness (QED) is 0.767. The first-order valence-electron chi connectivity index (χ1n) is 5.23. The van der Waals surface area contributed by atoms with E-state index in [0.717, 1.165) is 18.2 Å². The van der Waals surface area contributed by atoms with Crippen LogP contribution in [0.3, 0.4) is 0 Å². The number of nitrogens with one attached hydrogen (secondary N) is 2. The van der Waals surface area contributed by atoms with Gasteiger partial charge in [-0.05, 0) is 18.2 Å². The zero-order valence-electron chi connectivity index (χ0n) is 9.27. The van der Waals surface area contributed by atoms with Crippen LogP contribution in [0, 0.1) is 5.82 Å². The van der Waals surface area contributed by atoms with Crippen molar-refractivity contribution in [3.8, 4) is 0 Å². The SMILES string of the molecule is O=C(O)c1ccc(F)c(NC(=O)C2CSCN2)c1. The van der Waals surface area contributed by atoms with Crippen molar-refractivity contribution in [1.82, 2.24) is 5.32 Å². The first-order valence-corrected chi connectivity index (χ1v) is 6.38. The monoisotopic (exact) mass is 270 g/mol. The second kappa shape index (κ2) is 5.36. The standard InChI is InChI=1S/C11H11FN2O3S/c12-7-2-1-6(11(16)17)3-8(7)14-10(15)9-4-18-5-13-9/h1-3,9,13H,4-5H2,(H,14,15)(H,16,17). The first kappa shape index (κ1) is 12.8. The Morgan fingerprint density at radius 3 is 2.89 bits per heavy atom. The molecule has 0 radical (unpaired) electrons. The van der Waals surface area contributed by atoms with Crippen molar-refractivity contribution in [2.45, 2.75) is 6.04 Å². The predicted octanol–water partition coefficient (Wildman–Crippen LogP) is 1.12. The van der Waals surface area contributed by atoms with Gasteiger partial charge in [0.2, 0.25) is 5.91 Å². The van der Waals surface area contributed by atoms with Crippen LogP contribution in [0.25, 0.3) is 0 Å². The molecule has 2 rings (SSSR count). The number of amides is 1. The summed E-state index contributed by atoms with van der Waals surface area (Å²) in [7, 11) is 0. The molecule has 0 bridgehead atoms. The van der Waals surface area contributed by atoms with Gasteiger partial charge in [-0.3, -0.25) is 10.1 Å². The van der Waals surface area contributed by atoms with Gasteiger partial charge in [-0.1, -0.05) is 0 Å². The maximum absolute atomic E-state index is 13.4. The maximum Gasteiger partial charge on any atom is 0.335 e. The van der Waals surface area contributed by atoms with Gasteiger partial charge < -0.3 is 10.4 Å². The molecule has 1 aliphatic rings. The van der Waals surface area contributed by atoms with Crippen LogP contribution in [-0.2, 0) is 4.79 Å². The lowest BCUT2D eigenvalue weighted by Crippen LogP contribution is -2.37. The number of carboxylic acid groups (broad SMARTS) is 1. The minimum absolute atomic E-state index is 0.0690. The number of anilines is 1. The number of carbonyl (C=O) groups excluding carboxylic acids is 1. The van der Waals surface area contributed by atoms with Gasteiger partial charge in [-0.15, -0.1) is 11.8 Å². The molecule has 0 aromatic heterocycles. The van der Waals surface area contributed by atoms with E-state index in [1.807, 2.05) is 0 Å². The van der Waals surface area contributed by atoms with E-state index in [9.17, 15) is 14.0 Å². The second-order valence-electron chi connectivity index (χ2n) is 3.76. The largest absolute Gasteiger partial charge is 0.478 e. The normalized spacial score (nSPS) is 18.6. The molecule has 96 valence electrons. The average Bonchev–Trinajstić information content (AvgIpc) is 2.85. The van der Waals surface area contributed by atoms with E-state index >= 15 is 0 Å². The summed E-state index contributed by atoms with van der Waals surface area (Å²) in [5.41, 5.74) is -0.181. The third-order valence-electron chi connectivity index (χ3n) is 2.50. The molecule has 0 aliphatic carbocycles. The van der Waals surface area contributed by atoms with Gasteiger partial charge >= 0.3 is 5.97 Å². The molecule has 5 nitrogen and oxygen atoms in total. The van der Waals surface area contributed by atoms with E-state index < -0.39 is 11.8 Å². The van der Waals surface area contributed by atoms with Gasteiger partial charge in [0.1, 0.15) is 5.82 Å². The summed E-state index contributed by atoms with van der Waals surface area (Å²) in [5, 5.41) is 14.1. The zero-order valence-corrected chi connectivity index (χ0v) is 10.1. The lowest BCUT2D eigenvalue weighted by molar-refractivity contribution is -0.117. The molecule has 1 aliphatic heterocycles. The van der Waals surface area contributed by atoms with Crippen LogP contribution in [0.15, 0.2) is 18.2 Å². The third kappa shape index (κ3) is 2.80. The highest BCUT2D eigenvalue weighted by Crippen LogP contribution is 2.18. The van der Waals surface area contributed by atoms with Gasteiger partial charge in [-0.25, -0.2) is 9.18 Å². The Kier molecular flexibility index (Phi) is 3.83. The lowest BCUT2D eigenvalue weighted by Gasteiger charge is -2.11. The number of carboxylic acids is 1. The molecule has 3 N–H and O–H groups in total. The molecule has 1 saturated heterocycles. The molecule has 18 heavy (non-hydrogen) atoms. The Bertz CT molecular complexity index is 489. The fraction of sp³-hybridized carbons (Fsp3) is 0.273. The van der Waals surface area contributed by atoms with Crippen molar-refractivity contribution in [1.29, 1.82) is 0 Å². The second-order valence-corrected chi connectivity index (χ2v) is 4.79. The highest BCUT2D eigenvalue weighted by Gasteiger charge is 2.23. The van der Waals surface area contributed by atoms with Crippen LogP contribution in [0.4, 0.5) is 10.1 Å². The van der Waals surface area contributed by atoms with Crippen molar-refractivity contribution in [2.24, 2.45) is 0 Å². The van der Waals surface area contributed by atoms with Gasteiger partial charge in [0.25, 0.3) is 0 Å². The van der Waals surface area contributed by atoms with E-state index in [0.29, 0.717) is 11.6 Å². The summed E-state index contributed by atoms with van der Waals surface area (Å²) in [5.74, 6) is -0.887. The van der Waals surface area contributed by atoms with Crippen molar-refractivity contribution in [3.05, 3.63) is 29.6 Å². The number of aromatic carboxylic acids is 1. The summed E-state index contributed by atoms with van der Waals surface area (Å²) in [6.07, 6.45) is 0. The first-order chi connectivity index (χ1) is 8.58. The minimum atomic E-state index is -1.17. The summed E-state index contributed by atoms with van der Waals surface area (Å²) in [6.45, 7) is 0. The lowest BCUT2D eigenvalue weighted by atomic mass is 10.2. The van der Waals surface area contributed by atoms with E-state index in [-0.39, 0.29) is 23.2 Å². The van der Waals surface area contributed by atoms with Crippen molar-refractivity contribution in [3.63, 3.8) is 0 Å². The molecular formula is C11H11FN2O3S. The molecule has 7 heteroatoms. The number of thioether (sulfide) groups is 1. The molecule has 1 heterocycles. The molecule has 1 aromatic rings. The Morgan fingerprint density at radius 2 is 2.28 bits per heavy atom. The summed E-state index contributed by atoms with van der Waals surface area (Å²) < 4.78 is 13.4. The Labute approximate surface area is 107 Å². The number of carbonyl (C=O) groups is 2. The summed E-state index contributed by atoms with van der Waals surface area (Å²) >= 11 is 1.57. The Balaban J connectivity index is 2.14. The number of rotatable bonds is 3. The van der Waals surface area contributed by atoms with Crippen LogP contribution in [0.5, 0.6) is 0 Å². The van der Waals surface area contributed by atoms with Crippen LogP contribution in [0.2, 0.25) is 0 Å². The van der Waals surface area contributed by atoms with E-state index in [2.05, 4.69) is 10.6 Å². The van der Waals surface area contributed by atoms with Crippen molar-refractivity contribution < 1.29 is 19.1 Å². The topological polar surface area (TPSA) is 78.4 Å². The number of halogens is 1. The molecule has 1 aromatic carbocycles. The highest BCUT2D eigenvalue weighted by molar-refractivity contribution is 7.99. The minimum Gasteiger partial charge on any atom is -0.478 e. The highest BCUT2D eigenvalue weighted by atomic mass is 32.2. The molecule has 1 atom stereocenters. The van der Waals surface area contributed by atoms with Crippen molar-refractivity contribution >= 4 is 29.3 Å². The van der Waals surface area contributed by atoms with Crippen LogP contribution >= 0.6 is 11.8 Å². The fourth-order valence-electron chi connectivity index (χ4n) is 1.54. The molecule has 1 unspecified atom stereocenters. The predicted molar refractivity (Wildman–Crippen MR) is 66.2 cm³/mol. The van der Waals surface area contributed by atoms with E-state index in [1.165, 1.54) is 0 Å². The molecule has 0 saturated carbocycles. The van der Waals surface area contributed by atoms with E-state index in [1.54, 1.807) is 11.8 Å². The van der Waals surface area contributed by atoms with Gasteiger partial charge in [-0.2, -0.15) is 0 Å². The van der Waals surface area contributed by atoms with E-state index in [4.69, 9.17) is 5.11 Å². The van der Waals surface area contributed by atoms with Gasteiger partial charge in [0.05, 0.1) is 17.3 Å². The number of hydrogen-bond donors (Lipinski definition) is 3. The maximum atomic E-state index is 13.4. The smallest absolute Gasteiger partial charge is 0.335 e. The van der Waals surface area contributed by atoms with Crippen LogP contribution in [0.1, 0.15) is 10.4 Å². The summed E-state index contributed by atoms with van der Waals surface area (Å²) in [4.78, 5) is 22.5. The van der Waals surface area contributed by atoms with Crippen molar-refractivity contribution in [2.75, 3.05) is 16.9 Å². The van der Waals surface area contributed by atoms with Gasteiger partial charge in [0, 0.05) is 11.6 Å². The zero-order chi connectivity index (χ0) is 13.1. The Hall–Kier alpha value is -1.60. The molecule has 1 fully saturated rings. The number of hydrogen-bond acceptors (Lipinski definition) is 4. The third-order valence-corrected chi connectivity index (χ3v) is 3.44. The summed E-state index contributed by atoms with van der Waals surface area (Å²) in [6, 6.07) is 2.91. The fourth-order valence-corrected chi connectivity index (χ4v) is 2.48. The van der Waals surface area contributed by atoms with Crippen LogP contribution in [-0.4, -0.2) is 34.7 Å². The number of benzene rings is 1. The molecule has 1 amide bonds. The van der Waals surface area contributed by atoms with Crippen LogP contribution < -0.4 is 10.6 Å². The average molecular weight is 270 g/mol. The Morgan fingerprint density at radius 1 is 1.50 bits per heavy atom. The molecular weight excluding hydrogens is 259 g/mol. The van der Waals surface area contributed by atoms with Gasteiger partial charge in [0.15, 0.2) is 0 Å².